The Kier molecular flexibility index (Phi) is 7.93. The summed E-state index contributed by atoms with van der Waals surface area (Å²) in [6, 6.07) is 0.0297. The van der Waals surface area contributed by atoms with Gasteiger partial charge in [-0.05, 0) is 31.7 Å². The highest BCUT2D eigenvalue weighted by Crippen LogP contribution is 2.26. The molecule has 0 bridgehead atoms. The number of hydrogen-bond donors (Lipinski definition) is 2. The molecule has 1 aliphatic rings. The fourth-order valence-electron chi connectivity index (χ4n) is 2.96. The zero-order valence-electron chi connectivity index (χ0n) is 14.5. The van der Waals surface area contributed by atoms with Crippen molar-refractivity contribution >= 4 is 16.0 Å². The molecule has 0 amide bonds. The first-order chi connectivity index (χ1) is 10.7. The summed E-state index contributed by atoms with van der Waals surface area (Å²) in [6.45, 7) is 6.63. The molecule has 1 rings (SSSR count). The van der Waals surface area contributed by atoms with Crippen molar-refractivity contribution in [3.05, 3.63) is 0 Å². The number of rotatable bonds is 11. The molecule has 8 heteroatoms. The van der Waals surface area contributed by atoms with Crippen molar-refractivity contribution in [3.8, 4) is 0 Å². The molecule has 0 aromatic carbocycles. The van der Waals surface area contributed by atoms with Gasteiger partial charge in [0, 0.05) is 19.2 Å². The van der Waals surface area contributed by atoms with E-state index >= 15 is 0 Å². The van der Waals surface area contributed by atoms with Crippen molar-refractivity contribution in [3.63, 3.8) is 0 Å². The molecule has 1 unspecified atom stereocenters. The largest absolute Gasteiger partial charge is 0.480 e. The molecule has 23 heavy (non-hydrogen) atoms. The van der Waals surface area contributed by atoms with E-state index in [0.29, 0.717) is 31.7 Å². The number of carboxylic acid groups (broad SMARTS) is 1. The standard InChI is InChI=1S/C15H30N2O5S/c1-5-17(9-15(18)19)13-7-12(8-13)16-23(20,21)10-14(22-4)6-11(2)3/h11-14,16H,5-10H2,1-4H3,(H,18,19). The van der Waals surface area contributed by atoms with E-state index < -0.39 is 16.0 Å². The van der Waals surface area contributed by atoms with Gasteiger partial charge in [0.25, 0.3) is 0 Å². The number of nitrogens with zero attached hydrogens (tertiary/aromatic N) is 1. The molecule has 0 aromatic rings. The van der Waals surface area contributed by atoms with Crippen molar-refractivity contribution in [1.29, 1.82) is 0 Å². The first-order valence-electron chi connectivity index (χ1n) is 8.15. The first-order valence-corrected chi connectivity index (χ1v) is 9.80. The molecule has 136 valence electrons. The topological polar surface area (TPSA) is 95.9 Å². The third kappa shape index (κ3) is 7.15. The van der Waals surface area contributed by atoms with Crippen LogP contribution in [0.25, 0.3) is 0 Å². The second-order valence-electron chi connectivity index (χ2n) is 6.67. The van der Waals surface area contributed by atoms with Gasteiger partial charge in [0.1, 0.15) is 0 Å². The van der Waals surface area contributed by atoms with E-state index in [1.807, 2.05) is 25.7 Å². The van der Waals surface area contributed by atoms with Crippen LogP contribution in [0.15, 0.2) is 0 Å². The van der Waals surface area contributed by atoms with E-state index in [9.17, 15) is 13.2 Å². The number of aliphatic carboxylic acids is 1. The normalized spacial score (nSPS) is 23.0. The molecule has 1 atom stereocenters. The zero-order chi connectivity index (χ0) is 17.6. The van der Waals surface area contributed by atoms with E-state index in [1.165, 1.54) is 7.11 Å². The Hall–Kier alpha value is -0.700. The maximum absolute atomic E-state index is 12.2. The average Bonchev–Trinajstić information content (AvgIpc) is 2.38. The van der Waals surface area contributed by atoms with E-state index in [2.05, 4.69) is 4.72 Å². The minimum atomic E-state index is -3.39. The number of carboxylic acids is 1. The SMILES string of the molecule is CCN(CC(=O)O)C1CC(NS(=O)(=O)CC(CC(C)C)OC)C1. The molecule has 0 heterocycles. The minimum Gasteiger partial charge on any atom is -0.480 e. The number of likely N-dealkylation sites (N-methyl/N-ethyl adjacent to an activating group) is 1. The smallest absolute Gasteiger partial charge is 0.317 e. The Morgan fingerprint density at radius 2 is 2.00 bits per heavy atom. The molecule has 0 aliphatic heterocycles. The summed E-state index contributed by atoms with van der Waals surface area (Å²) in [4.78, 5) is 12.7. The van der Waals surface area contributed by atoms with Gasteiger partial charge in [-0.2, -0.15) is 0 Å². The van der Waals surface area contributed by atoms with E-state index in [0.717, 1.165) is 0 Å². The van der Waals surface area contributed by atoms with E-state index in [-0.39, 0.29) is 30.5 Å². The zero-order valence-corrected chi connectivity index (χ0v) is 15.3. The van der Waals surface area contributed by atoms with Crippen LogP contribution in [0.5, 0.6) is 0 Å². The lowest BCUT2D eigenvalue weighted by molar-refractivity contribution is -0.139. The number of hydrogen-bond acceptors (Lipinski definition) is 5. The minimum absolute atomic E-state index is 0.000768. The summed E-state index contributed by atoms with van der Waals surface area (Å²) in [5, 5.41) is 8.87. The highest BCUT2D eigenvalue weighted by atomic mass is 32.2. The second kappa shape index (κ2) is 8.96. The molecule has 1 saturated carbocycles. The van der Waals surface area contributed by atoms with Gasteiger partial charge in [-0.1, -0.05) is 20.8 Å². The van der Waals surface area contributed by atoms with Crippen molar-refractivity contribution in [1.82, 2.24) is 9.62 Å². The van der Waals surface area contributed by atoms with Crippen LogP contribution in [0.2, 0.25) is 0 Å². The number of nitrogens with one attached hydrogen (secondary N) is 1. The fourth-order valence-corrected chi connectivity index (χ4v) is 4.52. The highest BCUT2D eigenvalue weighted by Gasteiger charge is 2.36. The third-order valence-electron chi connectivity index (χ3n) is 4.19. The Morgan fingerprint density at radius 1 is 1.39 bits per heavy atom. The summed E-state index contributed by atoms with van der Waals surface area (Å²) in [7, 11) is -1.85. The van der Waals surface area contributed by atoms with Crippen molar-refractivity contribution < 1.29 is 23.1 Å². The van der Waals surface area contributed by atoms with Crippen LogP contribution in [0.4, 0.5) is 0 Å². The van der Waals surface area contributed by atoms with Gasteiger partial charge in [0.05, 0.1) is 18.4 Å². The Labute approximate surface area is 139 Å². The van der Waals surface area contributed by atoms with Crippen LogP contribution in [-0.4, -0.2) is 68.5 Å². The molecular formula is C15H30N2O5S. The Bertz CT molecular complexity index is 474. The quantitative estimate of drug-likeness (QED) is 0.575. The van der Waals surface area contributed by atoms with E-state index in [1.54, 1.807) is 0 Å². The van der Waals surface area contributed by atoms with Crippen molar-refractivity contribution in [2.45, 2.75) is 58.2 Å². The van der Waals surface area contributed by atoms with Gasteiger partial charge >= 0.3 is 5.97 Å². The lowest BCUT2D eigenvalue weighted by atomic mass is 9.86. The van der Waals surface area contributed by atoms with Crippen LogP contribution < -0.4 is 4.72 Å². The Morgan fingerprint density at radius 3 is 2.43 bits per heavy atom. The molecule has 1 fully saturated rings. The van der Waals surface area contributed by atoms with Crippen LogP contribution in [0.3, 0.4) is 0 Å². The molecule has 0 saturated heterocycles. The maximum Gasteiger partial charge on any atom is 0.317 e. The van der Waals surface area contributed by atoms with Gasteiger partial charge < -0.3 is 9.84 Å². The van der Waals surface area contributed by atoms with Gasteiger partial charge in [0.15, 0.2) is 0 Å². The number of carbonyl (C=O) groups is 1. The van der Waals surface area contributed by atoms with Crippen LogP contribution >= 0.6 is 0 Å². The maximum atomic E-state index is 12.2. The Balaban J connectivity index is 2.44. The van der Waals surface area contributed by atoms with Crippen molar-refractivity contribution in [2.75, 3.05) is 26.0 Å². The van der Waals surface area contributed by atoms with E-state index in [4.69, 9.17) is 9.84 Å². The van der Waals surface area contributed by atoms with Crippen molar-refractivity contribution in [2.24, 2.45) is 5.92 Å². The monoisotopic (exact) mass is 350 g/mol. The fraction of sp³-hybridized carbons (Fsp3) is 0.933. The van der Waals surface area contributed by atoms with Gasteiger partial charge in [-0.25, -0.2) is 13.1 Å². The van der Waals surface area contributed by atoms with Crippen LogP contribution in [-0.2, 0) is 19.6 Å². The summed E-state index contributed by atoms with van der Waals surface area (Å²) in [5.74, 6) is -0.514. The number of ether oxygens (including phenoxy) is 1. The summed E-state index contributed by atoms with van der Waals surface area (Å²) in [5.41, 5.74) is 0. The molecule has 0 spiro atoms. The molecule has 2 N–H and O–H groups in total. The molecule has 7 nitrogen and oxygen atoms in total. The number of methoxy groups -OCH3 is 1. The molecule has 0 aromatic heterocycles. The summed E-state index contributed by atoms with van der Waals surface area (Å²) in [6.07, 6.45) is 1.71. The molecule has 1 aliphatic carbocycles. The van der Waals surface area contributed by atoms with Crippen LogP contribution in [0.1, 0.15) is 40.0 Å². The first kappa shape index (κ1) is 20.3. The second-order valence-corrected chi connectivity index (χ2v) is 8.46. The van der Waals surface area contributed by atoms with Gasteiger partial charge in [0.2, 0.25) is 10.0 Å². The highest BCUT2D eigenvalue weighted by molar-refractivity contribution is 7.89. The van der Waals surface area contributed by atoms with Gasteiger partial charge in [-0.3, -0.25) is 9.69 Å². The number of sulfonamides is 1. The predicted molar refractivity (Wildman–Crippen MR) is 88.9 cm³/mol. The van der Waals surface area contributed by atoms with Crippen LogP contribution in [0, 0.1) is 5.92 Å². The lowest BCUT2D eigenvalue weighted by Gasteiger charge is -2.42. The third-order valence-corrected chi connectivity index (χ3v) is 5.70. The average molecular weight is 350 g/mol. The molecular weight excluding hydrogens is 320 g/mol. The van der Waals surface area contributed by atoms with Gasteiger partial charge in [-0.15, -0.1) is 0 Å². The lowest BCUT2D eigenvalue weighted by Crippen LogP contribution is -2.55. The predicted octanol–water partition coefficient (Wildman–Crippen LogP) is 0.904. The summed E-state index contributed by atoms with van der Waals surface area (Å²) < 4.78 is 32.4. The summed E-state index contributed by atoms with van der Waals surface area (Å²) >= 11 is 0. The molecule has 0 radical (unpaired) electrons.